The summed E-state index contributed by atoms with van der Waals surface area (Å²) in [6.07, 6.45) is 1.82. The highest BCUT2D eigenvalue weighted by Gasteiger charge is 2.27. The van der Waals surface area contributed by atoms with E-state index in [0.29, 0.717) is 5.92 Å². The van der Waals surface area contributed by atoms with Gasteiger partial charge in [-0.2, -0.15) is 0 Å². The van der Waals surface area contributed by atoms with Gasteiger partial charge in [-0.1, -0.05) is 30.7 Å². The molecular formula is C15H19Cl2N3. The Bertz CT molecular complexity index is 593. The summed E-state index contributed by atoms with van der Waals surface area (Å²) in [5.74, 6) is 0.543. The number of benzene rings is 1. The second kappa shape index (κ2) is 6.27. The number of nitrogens with two attached hydrogens (primary N) is 1. The van der Waals surface area contributed by atoms with Crippen molar-refractivity contribution in [1.29, 1.82) is 0 Å². The number of nitrogens with zero attached hydrogens (tertiary/aromatic N) is 2. The van der Waals surface area contributed by atoms with Crippen molar-refractivity contribution in [1.82, 2.24) is 9.88 Å². The van der Waals surface area contributed by atoms with Crippen LogP contribution in [0.1, 0.15) is 12.5 Å². The normalized spacial score (nSPS) is 22.9. The maximum atomic E-state index is 6.36. The fourth-order valence-electron chi connectivity index (χ4n) is 2.78. The van der Waals surface area contributed by atoms with Crippen LogP contribution in [0.5, 0.6) is 0 Å². The molecule has 1 aromatic heterocycles. The average molecular weight is 312 g/mol. The lowest BCUT2D eigenvalue weighted by molar-refractivity contribution is 0.320. The third kappa shape index (κ3) is 2.91. The molecule has 108 valence electrons. The zero-order valence-corrected chi connectivity index (χ0v) is 13.0. The third-order valence-corrected chi connectivity index (χ3v) is 4.30. The van der Waals surface area contributed by atoms with Crippen LogP contribution < -0.4 is 5.73 Å². The first kappa shape index (κ1) is 15.5. The fourth-order valence-corrected chi connectivity index (χ4v) is 2.99. The molecule has 20 heavy (non-hydrogen) atoms. The topological polar surface area (TPSA) is 42.2 Å². The summed E-state index contributed by atoms with van der Waals surface area (Å²) < 4.78 is 0. The molecule has 0 radical (unpaired) electrons. The summed E-state index contributed by atoms with van der Waals surface area (Å²) in [6, 6.07) is 8.27. The highest BCUT2D eigenvalue weighted by atomic mass is 35.5. The number of halogens is 2. The molecule has 0 amide bonds. The van der Waals surface area contributed by atoms with Crippen molar-refractivity contribution in [3.8, 4) is 0 Å². The quantitative estimate of drug-likeness (QED) is 0.926. The molecule has 2 N–H and O–H groups in total. The zero-order valence-electron chi connectivity index (χ0n) is 11.4. The number of pyridine rings is 1. The minimum absolute atomic E-state index is 0. The van der Waals surface area contributed by atoms with Gasteiger partial charge >= 0.3 is 0 Å². The largest absolute Gasteiger partial charge is 0.326 e. The van der Waals surface area contributed by atoms with E-state index in [1.807, 2.05) is 24.4 Å². The van der Waals surface area contributed by atoms with Crippen LogP contribution in [0.4, 0.5) is 0 Å². The number of fused-ring (bicyclic) bond motifs is 1. The maximum absolute atomic E-state index is 6.36. The molecular weight excluding hydrogens is 293 g/mol. The molecule has 0 saturated carbocycles. The van der Waals surface area contributed by atoms with Crippen molar-refractivity contribution in [2.24, 2.45) is 11.7 Å². The summed E-state index contributed by atoms with van der Waals surface area (Å²) in [4.78, 5) is 6.85. The van der Waals surface area contributed by atoms with Gasteiger partial charge in [0.25, 0.3) is 0 Å². The molecule has 2 unspecified atom stereocenters. The lowest BCUT2D eigenvalue weighted by Gasteiger charge is -2.17. The molecule has 3 rings (SSSR count). The van der Waals surface area contributed by atoms with Crippen LogP contribution in [0, 0.1) is 5.92 Å². The number of aromatic nitrogens is 1. The first-order valence-electron chi connectivity index (χ1n) is 6.65. The van der Waals surface area contributed by atoms with Crippen molar-refractivity contribution in [2.75, 3.05) is 13.1 Å². The lowest BCUT2D eigenvalue weighted by Crippen LogP contribution is -2.28. The van der Waals surface area contributed by atoms with E-state index in [0.717, 1.165) is 41.1 Å². The summed E-state index contributed by atoms with van der Waals surface area (Å²) in [5, 5.41) is 1.93. The predicted octanol–water partition coefficient (Wildman–Crippen LogP) is 3.09. The average Bonchev–Trinajstić information content (AvgIpc) is 2.72. The van der Waals surface area contributed by atoms with Crippen molar-refractivity contribution in [2.45, 2.75) is 19.5 Å². The molecule has 1 aromatic carbocycles. The molecule has 2 aromatic rings. The first-order chi connectivity index (χ1) is 9.15. The molecule has 3 nitrogen and oxygen atoms in total. The van der Waals surface area contributed by atoms with E-state index in [4.69, 9.17) is 17.3 Å². The highest BCUT2D eigenvalue weighted by Crippen LogP contribution is 2.27. The molecule has 0 aliphatic carbocycles. The van der Waals surface area contributed by atoms with Crippen LogP contribution in [0.25, 0.3) is 10.9 Å². The summed E-state index contributed by atoms with van der Waals surface area (Å²) >= 11 is 6.36. The molecule has 0 spiro atoms. The summed E-state index contributed by atoms with van der Waals surface area (Å²) in [5.41, 5.74) is 8.20. The SMILES string of the molecule is CC1CN(Cc2c(Cl)ccc3cccnc23)CC1N.Cl. The van der Waals surface area contributed by atoms with Crippen molar-refractivity contribution in [3.63, 3.8) is 0 Å². The Hall–Kier alpha value is -0.870. The molecule has 1 saturated heterocycles. The van der Waals surface area contributed by atoms with Crippen LogP contribution in [-0.2, 0) is 6.54 Å². The van der Waals surface area contributed by atoms with Gasteiger partial charge in [-0.15, -0.1) is 12.4 Å². The van der Waals surface area contributed by atoms with Crippen LogP contribution in [-0.4, -0.2) is 29.0 Å². The minimum Gasteiger partial charge on any atom is -0.326 e. The zero-order chi connectivity index (χ0) is 13.4. The van der Waals surface area contributed by atoms with Gasteiger partial charge in [0.1, 0.15) is 0 Å². The third-order valence-electron chi connectivity index (χ3n) is 3.95. The summed E-state index contributed by atoms with van der Waals surface area (Å²) in [6.45, 7) is 4.99. The highest BCUT2D eigenvalue weighted by molar-refractivity contribution is 6.32. The Morgan fingerprint density at radius 3 is 2.85 bits per heavy atom. The smallest absolute Gasteiger partial charge is 0.0761 e. The van der Waals surface area contributed by atoms with Gasteiger partial charge in [0.15, 0.2) is 0 Å². The van der Waals surface area contributed by atoms with Gasteiger partial charge in [-0.05, 0) is 18.1 Å². The van der Waals surface area contributed by atoms with Gasteiger partial charge in [0.05, 0.1) is 5.52 Å². The van der Waals surface area contributed by atoms with Crippen LogP contribution in [0.2, 0.25) is 5.02 Å². The lowest BCUT2D eigenvalue weighted by atomic mass is 10.1. The fraction of sp³-hybridized carbons (Fsp3) is 0.400. The number of hydrogen-bond acceptors (Lipinski definition) is 3. The van der Waals surface area contributed by atoms with E-state index in [9.17, 15) is 0 Å². The Morgan fingerprint density at radius 2 is 2.15 bits per heavy atom. The Balaban J connectivity index is 0.00000147. The van der Waals surface area contributed by atoms with Gasteiger partial charge < -0.3 is 5.73 Å². The number of hydrogen-bond donors (Lipinski definition) is 1. The van der Waals surface area contributed by atoms with Crippen molar-refractivity contribution >= 4 is 34.9 Å². The molecule has 1 aliphatic heterocycles. The minimum atomic E-state index is 0. The van der Waals surface area contributed by atoms with Crippen molar-refractivity contribution < 1.29 is 0 Å². The Labute approximate surface area is 130 Å². The maximum Gasteiger partial charge on any atom is 0.0761 e. The molecule has 2 atom stereocenters. The second-order valence-corrected chi connectivity index (χ2v) is 5.84. The standard InChI is InChI=1S/C15H18ClN3.ClH/c1-10-7-19(9-14(10)17)8-12-13(16)5-4-11-3-2-6-18-15(11)12;/h2-6,10,14H,7-9,17H2,1H3;1H. The van der Waals surface area contributed by atoms with Gasteiger partial charge in [0.2, 0.25) is 0 Å². The molecule has 5 heteroatoms. The molecule has 2 heterocycles. The van der Waals surface area contributed by atoms with E-state index in [1.165, 1.54) is 0 Å². The predicted molar refractivity (Wildman–Crippen MR) is 86.4 cm³/mol. The Kier molecular flexibility index (Phi) is 4.86. The van der Waals surface area contributed by atoms with E-state index >= 15 is 0 Å². The second-order valence-electron chi connectivity index (χ2n) is 5.44. The van der Waals surface area contributed by atoms with Crippen LogP contribution in [0.15, 0.2) is 30.5 Å². The summed E-state index contributed by atoms with van der Waals surface area (Å²) in [7, 11) is 0. The first-order valence-corrected chi connectivity index (χ1v) is 7.03. The Morgan fingerprint density at radius 1 is 1.35 bits per heavy atom. The van der Waals surface area contributed by atoms with Crippen LogP contribution >= 0.6 is 24.0 Å². The number of rotatable bonds is 2. The van der Waals surface area contributed by atoms with E-state index in [2.05, 4.69) is 22.9 Å². The van der Waals surface area contributed by atoms with Gasteiger partial charge in [0, 0.05) is 47.8 Å². The van der Waals surface area contributed by atoms with E-state index < -0.39 is 0 Å². The van der Waals surface area contributed by atoms with Crippen molar-refractivity contribution in [3.05, 3.63) is 41.0 Å². The monoisotopic (exact) mass is 311 g/mol. The molecule has 0 bridgehead atoms. The van der Waals surface area contributed by atoms with Crippen LogP contribution in [0.3, 0.4) is 0 Å². The van der Waals surface area contributed by atoms with Gasteiger partial charge in [-0.25, -0.2) is 0 Å². The van der Waals surface area contributed by atoms with E-state index in [1.54, 1.807) is 0 Å². The molecule has 1 fully saturated rings. The van der Waals surface area contributed by atoms with E-state index in [-0.39, 0.29) is 18.4 Å². The molecule has 1 aliphatic rings. The number of likely N-dealkylation sites (tertiary alicyclic amines) is 1. The van der Waals surface area contributed by atoms with Gasteiger partial charge in [-0.3, -0.25) is 9.88 Å².